The van der Waals surface area contributed by atoms with Gasteiger partial charge in [-0.1, -0.05) is 27.7 Å². The number of likely N-dealkylation sites (N-methyl/N-ethyl adjacent to an activating group) is 1. The molecule has 0 saturated heterocycles. The van der Waals surface area contributed by atoms with Gasteiger partial charge in [-0.3, -0.25) is 0 Å². The highest BCUT2D eigenvalue weighted by Crippen LogP contribution is 2.33. The molecule has 5 heteroatoms. The smallest absolute Gasteiger partial charge is 0.185 e. The summed E-state index contributed by atoms with van der Waals surface area (Å²) in [6.07, 6.45) is 1.15. The van der Waals surface area contributed by atoms with E-state index in [1.54, 1.807) is 0 Å². The largest absolute Gasteiger partial charge is 0.347 e. The minimum absolute atomic E-state index is 0.0976. The van der Waals surface area contributed by atoms with Gasteiger partial charge in [0.25, 0.3) is 0 Å². The van der Waals surface area contributed by atoms with E-state index in [1.807, 2.05) is 18.4 Å². The van der Waals surface area contributed by atoms with Crippen LogP contribution in [0.15, 0.2) is 0 Å². The molecule has 0 aliphatic rings. The number of hydrogen-bond donors (Lipinski definition) is 1. The van der Waals surface area contributed by atoms with Crippen molar-refractivity contribution in [3.05, 3.63) is 10.6 Å². The monoisotopic (exact) mass is 312 g/mol. The summed E-state index contributed by atoms with van der Waals surface area (Å²) in [4.78, 5) is 11.0. The Morgan fingerprint density at radius 1 is 1.14 bits per heavy atom. The van der Waals surface area contributed by atoms with Crippen LogP contribution in [0.5, 0.6) is 0 Å². The quantitative estimate of drug-likeness (QED) is 0.800. The molecule has 0 unspecified atom stereocenters. The van der Waals surface area contributed by atoms with Crippen LogP contribution in [0, 0.1) is 0 Å². The Morgan fingerprint density at radius 3 is 2.29 bits per heavy atom. The van der Waals surface area contributed by atoms with Crippen molar-refractivity contribution < 1.29 is 0 Å². The summed E-state index contributed by atoms with van der Waals surface area (Å²) >= 11 is 1.84. The molecule has 0 fully saturated rings. The fourth-order valence-corrected chi connectivity index (χ4v) is 3.57. The maximum absolute atomic E-state index is 4.98. The fraction of sp³-hybridized carbons (Fsp3) is 0.812. The zero-order valence-corrected chi connectivity index (χ0v) is 15.6. The zero-order chi connectivity index (χ0) is 16.0. The average Bonchev–Trinajstić information content (AvgIpc) is 2.78. The lowest BCUT2D eigenvalue weighted by Crippen LogP contribution is -2.32. The van der Waals surface area contributed by atoms with Crippen LogP contribution in [0.2, 0.25) is 0 Å². The van der Waals surface area contributed by atoms with Gasteiger partial charge < -0.3 is 15.1 Å². The zero-order valence-electron chi connectivity index (χ0n) is 14.8. The molecule has 1 heterocycles. The molecule has 0 aliphatic carbocycles. The summed E-state index contributed by atoms with van der Waals surface area (Å²) in [5, 5.41) is 4.45. The van der Waals surface area contributed by atoms with Crippen molar-refractivity contribution in [2.75, 3.05) is 45.7 Å². The van der Waals surface area contributed by atoms with Gasteiger partial charge in [0.15, 0.2) is 5.13 Å². The Balaban J connectivity index is 3.02. The van der Waals surface area contributed by atoms with E-state index in [4.69, 9.17) is 4.98 Å². The lowest BCUT2D eigenvalue weighted by atomic mass is 9.91. The number of rotatable bonds is 8. The van der Waals surface area contributed by atoms with Crippen LogP contribution in [-0.2, 0) is 12.0 Å². The molecule has 4 nitrogen and oxygen atoms in total. The van der Waals surface area contributed by atoms with E-state index in [1.165, 1.54) is 15.7 Å². The molecule has 0 bridgehead atoms. The van der Waals surface area contributed by atoms with Gasteiger partial charge in [-0.25, -0.2) is 4.98 Å². The van der Waals surface area contributed by atoms with Crippen molar-refractivity contribution in [2.24, 2.45) is 0 Å². The standard InChI is InChI=1S/C16H32N4S/c1-8-9-20(11-10-19(6)7)15-18-14(16(2,3)4)13(21-15)12-17-5/h17H,8-12H2,1-7H3. The van der Waals surface area contributed by atoms with Gasteiger partial charge >= 0.3 is 0 Å². The molecule has 0 spiro atoms. The van der Waals surface area contributed by atoms with E-state index in [0.717, 1.165) is 32.6 Å². The molecule has 0 radical (unpaired) electrons. The molecule has 21 heavy (non-hydrogen) atoms. The average molecular weight is 313 g/mol. The lowest BCUT2D eigenvalue weighted by molar-refractivity contribution is 0.412. The molecular weight excluding hydrogens is 280 g/mol. The molecule has 0 atom stereocenters. The Morgan fingerprint density at radius 2 is 1.81 bits per heavy atom. The summed E-state index contributed by atoms with van der Waals surface area (Å²) in [7, 11) is 6.25. The molecular formula is C16H32N4S. The molecule has 0 saturated carbocycles. The van der Waals surface area contributed by atoms with E-state index in [0.29, 0.717) is 0 Å². The Hall–Kier alpha value is -0.650. The third-order valence-corrected chi connectivity index (χ3v) is 4.43. The van der Waals surface area contributed by atoms with Gasteiger partial charge in [-0.2, -0.15) is 0 Å². The number of aromatic nitrogens is 1. The molecule has 0 aromatic carbocycles. The molecule has 1 aromatic rings. The number of hydrogen-bond acceptors (Lipinski definition) is 5. The SMILES string of the molecule is CCCN(CCN(C)C)c1nc(C(C)(C)C)c(CNC)s1. The van der Waals surface area contributed by atoms with Crippen LogP contribution in [0.25, 0.3) is 0 Å². The normalized spacial score (nSPS) is 12.2. The summed E-state index contributed by atoms with van der Waals surface area (Å²) in [6.45, 7) is 13.0. The topological polar surface area (TPSA) is 31.4 Å². The van der Waals surface area contributed by atoms with Gasteiger partial charge in [-0.05, 0) is 27.6 Å². The van der Waals surface area contributed by atoms with E-state index >= 15 is 0 Å². The molecule has 122 valence electrons. The minimum atomic E-state index is 0.0976. The fourth-order valence-electron chi connectivity index (χ4n) is 2.23. The number of nitrogens with zero attached hydrogens (tertiary/aromatic N) is 3. The van der Waals surface area contributed by atoms with Crippen LogP contribution in [-0.4, -0.2) is 50.7 Å². The second-order valence-corrected chi connectivity index (χ2v) is 7.90. The van der Waals surface area contributed by atoms with Crippen LogP contribution < -0.4 is 10.2 Å². The van der Waals surface area contributed by atoms with E-state index in [-0.39, 0.29) is 5.41 Å². The van der Waals surface area contributed by atoms with Crippen LogP contribution in [0.4, 0.5) is 5.13 Å². The molecule has 1 rings (SSSR count). The number of thiazole rings is 1. The highest BCUT2D eigenvalue weighted by Gasteiger charge is 2.24. The van der Waals surface area contributed by atoms with Crippen LogP contribution in [0.3, 0.4) is 0 Å². The first kappa shape index (κ1) is 18.4. The Kier molecular flexibility index (Phi) is 7.10. The maximum Gasteiger partial charge on any atom is 0.185 e. The summed E-state index contributed by atoms with van der Waals surface area (Å²) in [5.41, 5.74) is 1.34. The minimum Gasteiger partial charge on any atom is -0.347 e. The first-order valence-electron chi connectivity index (χ1n) is 7.84. The third-order valence-electron chi connectivity index (χ3n) is 3.31. The van der Waals surface area contributed by atoms with Crippen LogP contribution in [0.1, 0.15) is 44.7 Å². The second kappa shape index (κ2) is 8.11. The first-order valence-corrected chi connectivity index (χ1v) is 8.65. The van der Waals surface area contributed by atoms with E-state index in [2.05, 4.69) is 56.9 Å². The van der Waals surface area contributed by atoms with Crippen molar-refractivity contribution >= 4 is 16.5 Å². The Bertz CT molecular complexity index is 420. The van der Waals surface area contributed by atoms with E-state index < -0.39 is 0 Å². The van der Waals surface area contributed by atoms with Gasteiger partial charge in [-0.15, -0.1) is 11.3 Å². The van der Waals surface area contributed by atoms with Gasteiger partial charge in [0.05, 0.1) is 5.69 Å². The summed E-state index contributed by atoms with van der Waals surface area (Å²) < 4.78 is 0. The summed E-state index contributed by atoms with van der Waals surface area (Å²) in [5.74, 6) is 0. The predicted molar refractivity (Wildman–Crippen MR) is 94.6 cm³/mol. The van der Waals surface area contributed by atoms with Crippen LogP contribution >= 0.6 is 11.3 Å². The first-order chi connectivity index (χ1) is 9.79. The van der Waals surface area contributed by atoms with Crippen molar-refractivity contribution in [1.29, 1.82) is 0 Å². The van der Waals surface area contributed by atoms with Gasteiger partial charge in [0.2, 0.25) is 0 Å². The van der Waals surface area contributed by atoms with Gasteiger partial charge in [0, 0.05) is 36.5 Å². The number of nitrogens with one attached hydrogen (secondary N) is 1. The second-order valence-electron chi connectivity index (χ2n) is 6.84. The third kappa shape index (κ3) is 5.57. The van der Waals surface area contributed by atoms with Gasteiger partial charge in [0.1, 0.15) is 0 Å². The molecule has 1 N–H and O–H groups in total. The molecule has 0 amide bonds. The van der Waals surface area contributed by atoms with Crippen molar-refractivity contribution in [1.82, 2.24) is 15.2 Å². The predicted octanol–water partition coefficient (Wildman–Crippen LogP) is 2.94. The number of anilines is 1. The molecule has 1 aromatic heterocycles. The highest BCUT2D eigenvalue weighted by molar-refractivity contribution is 7.15. The Labute approximate surface area is 134 Å². The summed E-state index contributed by atoms with van der Waals surface area (Å²) in [6, 6.07) is 0. The van der Waals surface area contributed by atoms with Crippen molar-refractivity contribution in [2.45, 2.75) is 46.1 Å². The van der Waals surface area contributed by atoms with Crippen molar-refractivity contribution in [3.8, 4) is 0 Å². The highest BCUT2D eigenvalue weighted by atomic mass is 32.1. The molecule has 0 aliphatic heterocycles. The lowest BCUT2D eigenvalue weighted by Gasteiger charge is -2.23. The van der Waals surface area contributed by atoms with Crippen molar-refractivity contribution in [3.63, 3.8) is 0 Å². The maximum atomic E-state index is 4.98. The van der Waals surface area contributed by atoms with E-state index in [9.17, 15) is 0 Å².